The molecule has 0 radical (unpaired) electrons. The molecule has 0 amide bonds. The molecule has 0 aromatic rings. The van der Waals surface area contributed by atoms with Crippen molar-refractivity contribution < 1.29 is 4.74 Å². The summed E-state index contributed by atoms with van der Waals surface area (Å²) in [6.45, 7) is 5.72. The van der Waals surface area contributed by atoms with E-state index in [2.05, 4.69) is 24.2 Å². The van der Waals surface area contributed by atoms with Gasteiger partial charge in [-0.1, -0.05) is 0 Å². The number of aliphatic imine (C=N–C) groups is 1. The van der Waals surface area contributed by atoms with E-state index in [4.69, 9.17) is 10.5 Å². The van der Waals surface area contributed by atoms with Crippen molar-refractivity contribution in [2.24, 2.45) is 10.7 Å². The van der Waals surface area contributed by atoms with Crippen LogP contribution < -0.4 is 11.1 Å². The number of guanidine groups is 1. The van der Waals surface area contributed by atoms with E-state index in [1.807, 2.05) is 0 Å². The lowest BCUT2D eigenvalue weighted by molar-refractivity contribution is 0.0764. The van der Waals surface area contributed by atoms with Gasteiger partial charge in [0.15, 0.2) is 5.96 Å². The van der Waals surface area contributed by atoms with Crippen LogP contribution in [0.2, 0.25) is 0 Å². The van der Waals surface area contributed by atoms with E-state index in [9.17, 15) is 0 Å². The fourth-order valence-electron chi connectivity index (χ4n) is 1.21. The molecule has 0 bridgehead atoms. The Labute approximate surface area is 92.3 Å². The zero-order chi connectivity index (χ0) is 11.1. The fraction of sp³-hybridized carbons (Fsp3) is 0.909. The summed E-state index contributed by atoms with van der Waals surface area (Å²) in [4.78, 5) is 4.25. The van der Waals surface area contributed by atoms with Gasteiger partial charge >= 0.3 is 0 Å². The first-order valence-electron chi connectivity index (χ1n) is 5.86. The summed E-state index contributed by atoms with van der Waals surface area (Å²) in [7, 11) is 0. The van der Waals surface area contributed by atoms with E-state index in [-0.39, 0.29) is 0 Å². The Bertz CT molecular complexity index is 200. The molecule has 88 valence electrons. The van der Waals surface area contributed by atoms with Gasteiger partial charge < -0.3 is 15.8 Å². The van der Waals surface area contributed by atoms with Gasteiger partial charge in [-0.3, -0.25) is 4.99 Å². The molecule has 15 heavy (non-hydrogen) atoms. The lowest BCUT2D eigenvalue weighted by Crippen LogP contribution is -2.33. The molecule has 0 aromatic heterocycles. The minimum atomic E-state index is 0.329. The summed E-state index contributed by atoms with van der Waals surface area (Å²) in [6, 6.07) is 0.595. The minimum Gasteiger partial charge on any atom is -0.379 e. The Hall–Kier alpha value is -0.770. The molecule has 1 fully saturated rings. The number of hydrogen-bond donors (Lipinski definition) is 2. The first-order chi connectivity index (χ1) is 7.18. The Morgan fingerprint density at radius 2 is 2.20 bits per heavy atom. The van der Waals surface area contributed by atoms with E-state index < -0.39 is 0 Å². The summed E-state index contributed by atoms with van der Waals surface area (Å²) in [5.74, 6) is 0.599. The van der Waals surface area contributed by atoms with Crippen LogP contribution in [0.5, 0.6) is 0 Å². The number of nitrogens with zero attached hydrogens (tertiary/aromatic N) is 1. The molecule has 1 aliphatic carbocycles. The van der Waals surface area contributed by atoms with Crippen LogP contribution in [0.1, 0.15) is 39.5 Å². The van der Waals surface area contributed by atoms with Gasteiger partial charge in [-0.2, -0.15) is 0 Å². The Kier molecular flexibility index (Phi) is 5.47. The topological polar surface area (TPSA) is 59.6 Å². The Morgan fingerprint density at radius 3 is 2.80 bits per heavy atom. The lowest BCUT2D eigenvalue weighted by Gasteiger charge is -2.06. The molecule has 0 unspecified atom stereocenters. The molecule has 1 aliphatic rings. The van der Waals surface area contributed by atoms with Crippen molar-refractivity contribution in [3.8, 4) is 0 Å². The van der Waals surface area contributed by atoms with Crippen molar-refractivity contribution in [3.63, 3.8) is 0 Å². The highest BCUT2D eigenvalue weighted by Crippen LogP contribution is 2.17. The van der Waals surface area contributed by atoms with Crippen LogP contribution in [-0.2, 0) is 4.74 Å². The third-order valence-electron chi connectivity index (χ3n) is 2.22. The largest absolute Gasteiger partial charge is 0.379 e. The van der Waals surface area contributed by atoms with Crippen molar-refractivity contribution in [2.75, 3.05) is 13.2 Å². The molecular weight excluding hydrogens is 190 g/mol. The number of ether oxygens (including phenoxy) is 1. The molecule has 4 heteroatoms. The van der Waals surface area contributed by atoms with Gasteiger partial charge in [0.05, 0.1) is 6.10 Å². The van der Waals surface area contributed by atoms with Crippen LogP contribution in [0.4, 0.5) is 0 Å². The fourth-order valence-corrected chi connectivity index (χ4v) is 1.21. The van der Waals surface area contributed by atoms with Gasteiger partial charge in [0.2, 0.25) is 0 Å². The van der Waals surface area contributed by atoms with E-state index in [0.717, 1.165) is 26.0 Å². The molecule has 0 aliphatic heterocycles. The monoisotopic (exact) mass is 213 g/mol. The van der Waals surface area contributed by atoms with E-state index >= 15 is 0 Å². The number of hydrogen-bond acceptors (Lipinski definition) is 2. The molecule has 1 saturated carbocycles. The summed E-state index contributed by atoms with van der Waals surface area (Å²) in [5.41, 5.74) is 5.69. The third kappa shape index (κ3) is 7.19. The molecule has 0 atom stereocenters. The highest BCUT2D eigenvalue weighted by atomic mass is 16.5. The second kappa shape index (κ2) is 6.67. The standard InChI is InChI=1S/C11H23N3O/c1-9(2)15-8-4-3-7-13-11(12)14-10-5-6-10/h9-10H,3-8H2,1-2H3,(H3,12,13,14). The molecule has 0 heterocycles. The smallest absolute Gasteiger partial charge is 0.188 e. The lowest BCUT2D eigenvalue weighted by atomic mass is 10.3. The third-order valence-corrected chi connectivity index (χ3v) is 2.22. The van der Waals surface area contributed by atoms with Crippen molar-refractivity contribution in [3.05, 3.63) is 0 Å². The van der Waals surface area contributed by atoms with Gasteiger partial charge in [-0.05, 0) is 39.5 Å². The zero-order valence-corrected chi connectivity index (χ0v) is 9.83. The van der Waals surface area contributed by atoms with Crippen LogP contribution in [0, 0.1) is 0 Å². The molecule has 4 nitrogen and oxygen atoms in total. The number of unbranched alkanes of at least 4 members (excludes halogenated alkanes) is 1. The second-order valence-corrected chi connectivity index (χ2v) is 4.31. The van der Waals surface area contributed by atoms with Crippen LogP contribution in [0.3, 0.4) is 0 Å². The molecular formula is C11H23N3O. The molecule has 3 N–H and O–H groups in total. The normalized spacial score (nSPS) is 17.1. The van der Waals surface area contributed by atoms with Crippen molar-refractivity contribution in [1.82, 2.24) is 5.32 Å². The number of nitrogens with one attached hydrogen (secondary N) is 1. The molecule has 1 rings (SSSR count). The average molecular weight is 213 g/mol. The van der Waals surface area contributed by atoms with Gasteiger partial charge in [0, 0.05) is 19.2 Å². The summed E-state index contributed by atoms with van der Waals surface area (Å²) >= 11 is 0. The predicted octanol–water partition coefficient (Wildman–Crippen LogP) is 1.26. The Balaban J connectivity index is 1.90. The van der Waals surface area contributed by atoms with Crippen molar-refractivity contribution >= 4 is 5.96 Å². The number of nitrogens with two attached hydrogens (primary N) is 1. The van der Waals surface area contributed by atoms with E-state index in [0.29, 0.717) is 18.1 Å². The maximum atomic E-state index is 5.69. The van der Waals surface area contributed by atoms with Crippen LogP contribution in [0.25, 0.3) is 0 Å². The van der Waals surface area contributed by atoms with Crippen LogP contribution in [-0.4, -0.2) is 31.3 Å². The summed E-state index contributed by atoms with van der Waals surface area (Å²) in [6.07, 6.45) is 4.89. The van der Waals surface area contributed by atoms with Gasteiger partial charge in [0.25, 0.3) is 0 Å². The quantitative estimate of drug-likeness (QED) is 0.380. The predicted molar refractivity (Wildman–Crippen MR) is 63.0 cm³/mol. The van der Waals surface area contributed by atoms with Gasteiger partial charge in [-0.25, -0.2) is 0 Å². The van der Waals surface area contributed by atoms with Crippen LogP contribution in [0.15, 0.2) is 4.99 Å². The van der Waals surface area contributed by atoms with Crippen molar-refractivity contribution in [2.45, 2.75) is 51.7 Å². The van der Waals surface area contributed by atoms with E-state index in [1.54, 1.807) is 0 Å². The number of rotatable bonds is 7. The SMILES string of the molecule is CC(C)OCCCCN=C(N)NC1CC1. The van der Waals surface area contributed by atoms with Gasteiger partial charge in [-0.15, -0.1) is 0 Å². The first-order valence-corrected chi connectivity index (χ1v) is 5.86. The van der Waals surface area contributed by atoms with Crippen LogP contribution >= 0.6 is 0 Å². The van der Waals surface area contributed by atoms with Crippen molar-refractivity contribution in [1.29, 1.82) is 0 Å². The highest BCUT2D eigenvalue weighted by Gasteiger charge is 2.21. The maximum Gasteiger partial charge on any atom is 0.188 e. The second-order valence-electron chi connectivity index (χ2n) is 4.31. The minimum absolute atomic E-state index is 0.329. The maximum absolute atomic E-state index is 5.69. The molecule has 0 aromatic carbocycles. The van der Waals surface area contributed by atoms with Gasteiger partial charge in [0.1, 0.15) is 0 Å². The highest BCUT2D eigenvalue weighted by molar-refractivity contribution is 5.78. The first kappa shape index (κ1) is 12.3. The summed E-state index contributed by atoms with van der Waals surface area (Å²) in [5, 5.41) is 3.16. The molecule has 0 spiro atoms. The zero-order valence-electron chi connectivity index (χ0n) is 9.83. The van der Waals surface area contributed by atoms with E-state index in [1.165, 1.54) is 12.8 Å². The Morgan fingerprint density at radius 1 is 1.47 bits per heavy atom. The summed E-state index contributed by atoms with van der Waals surface area (Å²) < 4.78 is 5.43. The average Bonchev–Trinajstić information content (AvgIpc) is 2.94. The molecule has 0 saturated heterocycles.